The Bertz CT molecular complexity index is 556. The molecule has 0 unspecified atom stereocenters. The number of nitrogens with zero attached hydrogens (tertiary/aromatic N) is 2. The van der Waals surface area contributed by atoms with Crippen molar-refractivity contribution in [3.05, 3.63) is 35.4 Å². The van der Waals surface area contributed by atoms with Crippen LogP contribution in [0.4, 0.5) is 13.2 Å². The van der Waals surface area contributed by atoms with Gasteiger partial charge in [-0.2, -0.15) is 13.2 Å². The van der Waals surface area contributed by atoms with Crippen LogP contribution in [0.5, 0.6) is 0 Å². The van der Waals surface area contributed by atoms with Crippen LogP contribution in [0.1, 0.15) is 31.9 Å². The standard InChI is InChI=1S/C17H23F3N2O/c1-16(2,3)15(23)22-9-7-21(8-10-22)12-13-5-4-6-14(11-13)17(18,19)20/h4-6,11H,7-10,12H2,1-3H3. The zero-order chi connectivity index (χ0) is 17.3. The van der Waals surface area contributed by atoms with Crippen molar-refractivity contribution >= 4 is 5.91 Å². The van der Waals surface area contributed by atoms with Crippen LogP contribution in [0.25, 0.3) is 0 Å². The summed E-state index contributed by atoms with van der Waals surface area (Å²) in [5.41, 5.74) is -0.365. The molecule has 1 heterocycles. The number of carbonyl (C=O) groups excluding carboxylic acids is 1. The molecule has 0 N–H and O–H groups in total. The van der Waals surface area contributed by atoms with E-state index in [4.69, 9.17) is 0 Å². The molecule has 128 valence electrons. The van der Waals surface area contributed by atoms with Gasteiger partial charge in [-0.1, -0.05) is 39.0 Å². The van der Waals surface area contributed by atoms with Crippen molar-refractivity contribution in [2.45, 2.75) is 33.5 Å². The first-order valence-electron chi connectivity index (χ1n) is 7.75. The van der Waals surface area contributed by atoms with E-state index < -0.39 is 17.2 Å². The molecule has 1 aliphatic rings. The van der Waals surface area contributed by atoms with Crippen LogP contribution in [-0.4, -0.2) is 41.9 Å². The van der Waals surface area contributed by atoms with Gasteiger partial charge in [0.15, 0.2) is 0 Å². The summed E-state index contributed by atoms with van der Waals surface area (Å²) in [4.78, 5) is 16.1. The van der Waals surface area contributed by atoms with E-state index in [-0.39, 0.29) is 5.91 Å². The molecule has 1 aromatic carbocycles. The van der Waals surface area contributed by atoms with Gasteiger partial charge in [-0.3, -0.25) is 9.69 Å². The fourth-order valence-corrected chi connectivity index (χ4v) is 2.69. The third kappa shape index (κ3) is 4.70. The third-order valence-corrected chi connectivity index (χ3v) is 3.96. The lowest BCUT2D eigenvalue weighted by Gasteiger charge is -2.37. The van der Waals surface area contributed by atoms with Crippen molar-refractivity contribution in [2.75, 3.05) is 26.2 Å². The fourth-order valence-electron chi connectivity index (χ4n) is 2.69. The van der Waals surface area contributed by atoms with Crippen LogP contribution in [0.15, 0.2) is 24.3 Å². The zero-order valence-corrected chi connectivity index (χ0v) is 13.8. The quantitative estimate of drug-likeness (QED) is 0.831. The molecule has 2 rings (SSSR count). The van der Waals surface area contributed by atoms with E-state index in [2.05, 4.69) is 4.90 Å². The molecule has 1 saturated heterocycles. The van der Waals surface area contributed by atoms with Gasteiger partial charge in [-0.05, 0) is 11.6 Å². The van der Waals surface area contributed by atoms with Crippen molar-refractivity contribution in [1.82, 2.24) is 9.80 Å². The predicted octanol–water partition coefficient (Wildman–Crippen LogP) is 3.40. The normalized spacial score (nSPS) is 17.4. The Labute approximate surface area is 135 Å². The van der Waals surface area contributed by atoms with Gasteiger partial charge < -0.3 is 4.90 Å². The molecule has 1 aromatic rings. The summed E-state index contributed by atoms with van der Waals surface area (Å²) in [6.45, 7) is 8.75. The Morgan fingerprint density at radius 3 is 2.22 bits per heavy atom. The Morgan fingerprint density at radius 1 is 1.09 bits per heavy atom. The summed E-state index contributed by atoms with van der Waals surface area (Å²) in [6, 6.07) is 5.44. The van der Waals surface area contributed by atoms with E-state index in [0.29, 0.717) is 38.3 Å². The van der Waals surface area contributed by atoms with Gasteiger partial charge in [0.05, 0.1) is 5.56 Å². The van der Waals surface area contributed by atoms with Gasteiger partial charge in [-0.15, -0.1) is 0 Å². The summed E-state index contributed by atoms with van der Waals surface area (Å²) in [5, 5.41) is 0. The molecule has 0 bridgehead atoms. The lowest BCUT2D eigenvalue weighted by Crippen LogP contribution is -2.51. The van der Waals surface area contributed by atoms with Gasteiger partial charge in [-0.25, -0.2) is 0 Å². The van der Waals surface area contributed by atoms with Crippen molar-refractivity contribution in [3.63, 3.8) is 0 Å². The Kier molecular flexibility index (Phi) is 5.04. The van der Waals surface area contributed by atoms with Crippen LogP contribution in [0.3, 0.4) is 0 Å². The van der Waals surface area contributed by atoms with Crippen LogP contribution < -0.4 is 0 Å². The highest BCUT2D eigenvalue weighted by atomic mass is 19.4. The molecule has 0 radical (unpaired) electrons. The number of piperazine rings is 1. The maximum absolute atomic E-state index is 12.7. The number of carbonyl (C=O) groups is 1. The third-order valence-electron chi connectivity index (χ3n) is 3.96. The van der Waals surface area contributed by atoms with E-state index in [1.807, 2.05) is 25.7 Å². The largest absolute Gasteiger partial charge is 0.416 e. The van der Waals surface area contributed by atoms with Crippen molar-refractivity contribution in [1.29, 1.82) is 0 Å². The molecule has 0 spiro atoms. The maximum atomic E-state index is 12.7. The van der Waals surface area contributed by atoms with Gasteiger partial charge in [0, 0.05) is 38.1 Å². The van der Waals surface area contributed by atoms with Crippen LogP contribution in [-0.2, 0) is 17.5 Å². The van der Waals surface area contributed by atoms with E-state index in [0.717, 1.165) is 6.07 Å². The molecule has 1 aliphatic heterocycles. The van der Waals surface area contributed by atoms with Gasteiger partial charge >= 0.3 is 6.18 Å². The number of hydrogen-bond donors (Lipinski definition) is 0. The highest BCUT2D eigenvalue weighted by molar-refractivity contribution is 5.81. The summed E-state index contributed by atoms with van der Waals surface area (Å²) < 4.78 is 38.2. The van der Waals surface area contributed by atoms with Gasteiger partial charge in [0.2, 0.25) is 5.91 Å². The van der Waals surface area contributed by atoms with Gasteiger partial charge in [0.1, 0.15) is 0 Å². The highest BCUT2D eigenvalue weighted by Gasteiger charge is 2.31. The van der Waals surface area contributed by atoms with Crippen LogP contribution >= 0.6 is 0 Å². The molecule has 0 aromatic heterocycles. The fraction of sp³-hybridized carbons (Fsp3) is 0.588. The minimum atomic E-state index is -4.31. The van der Waals surface area contributed by atoms with E-state index in [1.165, 1.54) is 12.1 Å². The smallest absolute Gasteiger partial charge is 0.340 e. The Balaban J connectivity index is 1.94. The number of halogens is 3. The van der Waals surface area contributed by atoms with Gasteiger partial charge in [0.25, 0.3) is 0 Å². The van der Waals surface area contributed by atoms with E-state index in [9.17, 15) is 18.0 Å². The number of hydrogen-bond acceptors (Lipinski definition) is 2. The first-order chi connectivity index (χ1) is 10.6. The molecule has 6 heteroatoms. The molecule has 1 amide bonds. The number of benzene rings is 1. The second kappa shape index (κ2) is 6.51. The maximum Gasteiger partial charge on any atom is 0.416 e. The van der Waals surface area contributed by atoms with Crippen molar-refractivity contribution in [3.8, 4) is 0 Å². The average molecular weight is 328 g/mol. The SMILES string of the molecule is CC(C)(C)C(=O)N1CCN(Cc2cccc(C(F)(F)F)c2)CC1. The second-order valence-corrected chi connectivity index (χ2v) is 7.02. The number of alkyl halides is 3. The summed E-state index contributed by atoms with van der Waals surface area (Å²) in [5.74, 6) is 0.121. The summed E-state index contributed by atoms with van der Waals surface area (Å²) in [7, 11) is 0. The molecular weight excluding hydrogens is 305 g/mol. The first kappa shape index (κ1) is 17.8. The molecule has 0 saturated carbocycles. The number of rotatable bonds is 2. The molecule has 3 nitrogen and oxygen atoms in total. The average Bonchev–Trinajstić information content (AvgIpc) is 2.46. The number of amides is 1. The highest BCUT2D eigenvalue weighted by Crippen LogP contribution is 2.29. The monoisotopic (exact) mass is 328 g/mol. The molecule has 0 atom stereocenters. The van der Waals surface area contributed by atoms with E-state index in [1.54, 1.807) is 6.07 Å². The van der Waals surface area contributed by atoms with E-state index >= 15 is 0 Å². The topological polar surface area (TPSA) is 23.6 Å². The molecule has 0 aliphatic carbocycles. The Hall–Kier alpha value is -1.56. The summed E-state index contributed by atoms with van der Waals surface area (Å²) >= 11 is 0. The Morgan fingerprint density at radius 2 is 1.70 bits per heavy atom. The molecule has 23 heavy (non-hydrogen) atoms. The van der Waals surface area contributed by atoms with Crippen LogP contribution in [0, 0.1) is 5.41 Å². The van der Waals surface area contributed by atoms with Crippen molar-refractivity contribution in [2.24, 2.45) is 5.41 Å². The first-order valence-corrected chi connectivity index (χ1v) is 7.75. The second-order valence-electron chi connectivity index (χ2n) is 7.02. The minimum absolute atomic E-state index is 0.121. The zero-order valence-electron chi connectivity index (χ0n) is 13.8. The lowest BCUT2D eigenvalue weighted by atomic mass is 9.94. The molecule has 1 fully saturated rings. The minimum Gasteiger partial charge on any atom is -0.340 e. The summed E-state index contributed by atoms with van der Waals surface area (Å²) in [6.07, 6.45) is -4.31. The van der Waals surface area contributed by atoms with Crippen LogP contribution in [0.2, 0.25) is 0 Å². The van der Waals surface area contributed by atoms with Crippen molar-refractivity contribution < 1.29 is 18.0 Å². The predicted molar refractivity (Wildman–Crippen MR) is 82.8 cm³/mol. The molecular formula is C17H23F3N2O. The lowest BCUT2D eigenvalue weighted by molar-refractivity contribution is -0.141.